The Labute approximate surface area is 252 Å². The summed E-state index contributed by atoms with van der Waals surface area (Å²) in [6.45, 7) is 7.28. The van der Waals surface area contributed by atoms with Crippen molar-refractivity contribution in [2.24, 2.45) is 0 Å². The van der Waals surface area contributed by atoms with Crippen molar-refractivity contribution in [1.82, 2.24) is 40.5 Å². The second kappa shape index (κ2) is 13.2. The number of nitrogens with one attached hydrogen (secondary N) is 3. The Balaban J connectivity index is 1.14. The fourth-order valence-electron chi connectivity index (χ4n) is 6.07. The number of para-hydroxylation sites is 2. The van der Waals surface area contributed by atoms with E-state index in [1.807, 2.05) is 44.3 Å². The molecule has 1 aliphatic carbocycles. The molecule has 3 heterocycles. The van der Waals surface area contributed by atoms with E-state index in [9.17, 15) is 4.79 Å². The van der Waals surface area contributed by atoms with Gasteiger partial charge in [-0.25, -0.2) is 15.0 Å². The maximum absolute atomic E-state index is 12.9. The number of imidazole rings is 1. The van der Waals surface area contributed by atoms with Crippen molar-refractivity contribution in [2.45, 2.75) is 58.8 Å². The topological polar surface area (TPSA) is 112 Å². The number of carbonyl (C=O) groups is 1. The molecule has 0 saturated heterocycles. The van der Waals surface area contributed by atoms with Crippen LogP contribution in [0, 0.1) is 13.8 Å². The number of H-pyrrole nitrogens is 1. The molecule has 0 fully saturated rings. The largest absolute Gasteiger partial charge is 0.348 e. The van der Waals surface area contributed by atoms with Crippen molar-refractivity contribution in [2.75, 3.05) is 13.1 Å². The van der Waals surface area contributed by atoms with Crippen LogP contribution in [-0.2, 0) is 26.1 Å². The van der Waals surface area contributed by atoms with Crippen molar-refractivity contribution in [3.63, 3.8) is 0 Å². The lowest BCUT2D eigenvalue weighted by molar-refractivity contribution is 0.0948. The molecular weight excluding hydrogens is 536 g/mol. The van der Waals surface area contributed by atoms with Crippen LogP contribution in [0.3, 0.4) is 0 Å². The van der Waals surface area contributed by atoms with Gasteiger partial charge in [0.05, 0.1) is 46.3 Å². The Morgan fingerprint density at radius 3 is 2.67 bits per heavy atom. The molecule has 1 unspecified atom stereocenters. The number of aromatic amines is 1. The molecule has 9 heteroatoms. The summed E-state index contributed by atoms with van der Waals surface area (Å²) in [5.74, 6) is 0.794. The molecule has 0 spiro atoms. The minimum Gasteiger partial charge on any atom is -0.348 e. The number of amides is 1. The molecule has 1 aliphatic rings. The Morgan fingerprint density at radius 2 is 1.81 bits per heavy atom. The fourth-order valence-corrected chi connectivity index (χ4v) is 6.07. The van der Waals surface area contributed by atoms with E-state index in [0.29, 0.717) is 30.0 Å². The minimum absolute atomic E-state index is 0.150. The zero-order valence-electron chi connectivity index (χ0n) is 24.8. The molecule has 0 bridgehead atoms. The summed E-state index contributed by atoms with van der Waals surface area (Å²) in [6.07, 6.45) is 6.73. The van der Waals surface area contributed by atoms with Gasteiger partial charge in [-0.3, -0.25) is 14.7 Å². The van der Waals surface area contributed by atoms with Gasteiger partial charge >= 0.3 is 0 Å². The fraction of sp³-hybridized carbons (Fsp3) is 0.324. The zero-order valence-corrected chi connectivity index (χ0v) is 24.8. The van der Waals surface area contributed by atoms with Gasteiger partial charge in [0.25, 0.3) is 5.91 Å². The summed E-state index contributed by atoms with van der Waals surface area (Å²) >= 11 is 0. The number of hydrogen-bond acceptors (Lipinski definition) is 7. The molecule has 2 aromatic carbocycles. The Kier molecular flexibility index (Phi) is 8.81. The van der Waals surface area contributed by atoms with Gasteiger partial charge in [-0.05, 0) is 68.0 Å². The lowest BCUT2D eigenvalue weighted by Crippen LogP contribution is -2.37. The summed E-state index contributed by atoms with van der Waals surface area (Å²) in [6, 6.07) is 21.1. The van der Waals surface area contributed by atoms with Gasteiger partial charge < -0.3 is 15.6 Å². The number of benzene rings is 2. The molecule has 0 aliphatic heterocycles. The predicted octanol–water partition coefficient (Wildman–Crippen LogP) is 4.96. The van der Waals surface area contributed by atoms with Gasteiger partial charge in [-0.1, -0.05) is 42.5 Å². The number of aromatic nitrogens is 5. The number of aryl methyl sites for hydroxylation is 3. The van der Waals surface area contributed by atoms with E-state index < -0.39 is 0 Å². The average Bonchev–Trinajstić information content (AvgIpc) is 3.44. The highest BCUT2D eigenvalue weighted by Gasteiger charge is 2.27. The minimum atomic E-state index is -0.150. The van der Waals surface area contributed by atoms with Crippen molar-refractivity contribution < 1.29 is 4.79 Å². The van der Waals surface area contributed by atoms with E-state index in [-0.39, 0.29) is 11.9 Å². The van der Waals surface area contributed by atoms with Crippen molar-refractivity contribution in [1.29, 1.82) is 0 Å². The van der Waals surface area contributed by atoms with Crippen molar-refractivity contribution in [3.8, 4) is 0 Å². The highest BCUT2D eigenvalue weighted by atomic mass is 16.1. The van der Waals surface area contributed by atoms with Crippen LogP contribution in [0.4, 0.5) is 0 Å². The van der Waals surface area contributed by atoms with Gasteiger partial charge in [0.2, 0.25) is 0 Å². The molecule has 3 N–H and O–H groups in total. The zero-order chi connectivity index (χ0) is 29.6. The molecule has 6 rings (SSSR count). The number of fused-ring (bicyclic) bond motifs is 2. The third-order valence-electron chi connectivity index (χ3n) is 8.20. The summed E-state index contributed by atoms with van der Waals surface area (Å²) < 4.78 is 0. The van der Waals surface area contributed by atoms with E-state index in [4.69, 9.17) is 9.97 Å². The molecule has 0 radical (unpaired) electrons. The SMILES string of the molecule is Cc1ncnc(C)c1C(=O)NCc1cccc(CN(CCNCc2nc3ccccc3[nH]2)C2CCCc3cccnc32)c1. The number of pyridine rings is 1. The second-order valence-electron chi connectivity index (χ2n) is 11.2. The summed E-state index contributed by atoms with van der Waals surface area (Å²) in [7, 11) is 0. The van der Waals surface area contributed by atoms with Crippen LogP contribution in [0.1, 0.15) is 68.8 Å². The number of rotatable bonds is 11. The first-order valence-corrected chi connectivity index (χ1v) is 15.0. The molecule has 9 nitrogen and oxygen atoms in total. The highest BCUT2D eigenvalue weighted by molar-refractivity contribution is 5.96. The second-order valence-corrected chi connectivity index (χ2v) is 11.2. The van der Waals surface area contributed by atoms with Crippen LogP contribution in [-0.4, -0.2) is 48.8 Å². The molecule has 0 saturated carbocycles. The monoisotopic (exact) mass is 574 g/mol. The van der Waals surface area contributed by atoms with Gasteiger partial charge in [0.1, 0.15) is 12.2 Å². The summed E-state index contributed by atoms with van der Waals surface area (Å²) in [5, 5.41) is 6.66. The van der Waals surface area contributed by atoms with Crippen LogP contribution in [0.15, 0.2) is 73.2 Å². The summed E-state index contributed by atoms with van der Waals surface area (Å²) in [4.78, 5) is 36.8. The van der Waals surface area contributed by atoms with Gasteiger partial charge in [0, 0.05) is 32.4 Å². The van der Waals surface area contributed by atoms with Gasteiger partial charge in [-0.15, -0.1) is 0 Å². The summed E-state index contributed by atoms with van der Waals surface area (Å²) in [5.41, 5.74) is 8.79. The normalized spacial score (nSPS) is 14.6. The molecular formula is C34H38N8O. The standard InChI is InChI=1S/C34H38N8O/c1-23-32(24(2)39-22-38-23)34(43)37-19-25-8-5-9-26(18-25)21-42(30-14-6-10-27-11-7-15-36-33(27)30)17-16-35-20-31-40-28-12-3-4-13-29(28)41-31/h3-5,7-9,11-13,15,18,22,30,35H,6,10,14,16-17,19-21H2,1-2H3,(H,37,43)(H,40,41). The molecule has 5 aromatic rings. The quantitative estimate of drug-likeness (QED) is 0.191. The van der Waals surface area contributed by atoms with E-state index >= 15 is 0 Å². The first-order chi connectivity index (χ1) is 21.0. The van der Waals surface area contributed by atoms with E-state index in [1.165, 1.54) is 23.1 Å². The third-order valence-corrected chi connectivity index (χ3v) is 8.20. The third kappa shape index (κ3) is 6.79. The van der Waals surface area contributed by atoms with Gasteiger partial charge in [-0.2, -0.15) is 0 Å². The Bertz CT molecular complexity index is 1660. The molecule has 220 valence electrons. The average molecular weight is 575 g/mol. The Morgan fingerprint density at radius 1 is 0.977 bits per heavy atom. The van der Waals surface area contributed by atoms with E-state index in [1.54, 1.807) is 0 Å². The molecule has 1 amide bonds. The van der Waals surface area contributed by atoms with E-state index in [2.05, 4.69) is 66.9 Å². The van der Waals surface area contributed by atoms with Crippen LogP contribution < -0.4 is 10.6 Å². The maximum Gasteiger partial charge on any atom is 0.255 e. The number of carbonyl (C=O) groups excluding carboxylic acids is 1. The van der Waals surface area contributed by atoms with E-state index in [0.717, 1.165) is 61.3 Å². The van der Waals surface area contributed by atoms with Crippen molar-refractivity contribution in [3.05, 3.63) is 118 Å². The lowest BCUT2D eigenvalue weighted by atomic mass is 9.90. The Hall–Kier alpha value is -4.47. The first-order valence-electron chi connectivity index (χ1n) is 15.0. The van der Waals surface area contributed by atoms with Crippen LogP contribution in [0.5, 0.6) is 0 Å². The van der Waals surface area contributed by atoms with Crippen LogP contribution in [0.2, 0.25) is 0 Å². The van der Waals surface area contributed by atoms with Gasteiger partial charge in [0.15, 0.2) is 0 Å². The highest BCUT2D eigenvalue weighted by Crippen LogP contribution is 2.33. The predicted molar refractivity (Wildman–Crippen MR) is 167 cm³/mol. The maximum atomic E-state index is 12.9. The first kappa shape index (κ1) is 28.6. The molecule has 43 heavy (non-hydrogen) atoms. The van der Waals surface area contributed by atoms with Crippen LogP contribution in [0.25, 0.3) is 11.0 Å². The van der Waals surface area contributed by atoms with Crippen molar-refractivity contribution >= 4 is 16.9 Å². The number of nitrogens with zero attached hydrogens (tertiary/aromatic N) is 5. The molecule has 3 aromatic heterocycles. The van der Waals surface area contributed by atoms with Crippen LogP contribution >= 0.6 is 0 Å². The lowest BCUT2D eigenvalue weighted by Gasteiger charge is -2.35. The number of hydrogen-bond donors (Lipinski definition) is 3. The smallest absolute Gasteiger partial charge is 0.255 e. The molecule has 1 atom stereocenters.